The smallest absolute Gasteiger partial charge is 0.0863 e. The maximum Gasteiger partial charge on any atom is 0.0863 e. The molecule has 1 aromatic rings. The summed E-state index contributed by atoms with van der Waals surface area (Å²) in [6.45, 7) is 10.0. The van der Waals surface area contributed by atoms with E-state index in [1.165, 1.54) is 0 Å². The van der Waals surface area contributed by atoms with Gasteiger partial charge in [0, 0.05) is 25.0 Å². The van der Waals surface area contributed by atoms with Gasteiger partial charge in [0.05, 0.1) is 16.4 Å². The lowest BCUT2D eigenvalue weighted by molar-refractivity contribution is 0.421. The molecule has 0 radical (unpaired) electrons. The first-order valence-electron chi connectivity index (χ1n) is 6.58. The van der Waals surface area contributed by atoms with Crippen LogP contribution in [0.2, 0.25) is 5.02 Å². The van der Waals surface area contributed by atoms with Crippen LogP contribution in [0.5, 0.6) is 0 Å². The summed E-state index contributed by atoms with van der Waals surface area (Å²) in [5.41, 5.74) is 2.04. The molecule has 1 aromatic heterocycles. The fourth-order valence-electron chi connectivity index (χ4n) is 1.88. The fourth-order valence-corrected chi connectivity index (χ4v) is 2.68. The molecule has 18 heavy (non-hydrogen) atoms. The zero-order valence-electron chi connectivity index (χ0n) is 11.6. The van der Waals surface area contributed by atoms with Crippen molar-refractivity contribution >= 4 is 23.2 Å². The van der Waals surface area contributed by atoms with Gasteiger partial charge in [0.1, 0.15) is 0 Å². The topological polar surface area (TPSA) is 29.9 Å². The Bertz CT molecular complexity index is 375. The van der Waals surface area contributed by atoms with E-state index in [9.17, 15) is 0 Å². The number of alkyl halides is 1. The first kappa shape index (κ1) is 15.8. The predicted molar refractivity (Wildman–Crippen MR) is 78.5 cm³/mol. The molecule has 0 spiro atoms. The third-order valence-electron chi connectivity index (χ3n) is 3.20. The summed E-state index contributed by atoms with van der Waals surface area (Å²) in [5, 5.41) is 8.76. The quantitative estimate of drug-likeness (QED) is 0.780. The first-order valence-corrected chi connectivity index (χ1v) is 7.49. The average molecular weight is 292 g/mol. The van der Waals surface area contributed by atoms with Crippen molar-refractivity contribution in [1.29, 1.82) is 0 Å². The van der Waals surface area contributed by atoms with E-state index in [1.54, 1.807) is 0 Å². The van der Waals surface area contributed by atoms with Crippen molar-refractivity contribution in [2.45, 2.75) is 53.2 Å². The number of aryl methyl sites for hydroxylation is 2. The van der Waals surface area contributed by atoms with Crippen LogP contribution < -0.4 is 5.32 Å². The monoisotopic (exact) mass is 291 g/mol. The third kappa shape index (κ3) is 3.62. The Labute approximate surface area is 120 Å². The summed E-state index contributed by atoms with van der Waals surface area (Å²) >= 11 is 12.3. The lowest BCUT2D eigenvalue weighted by Crippen LogP contribution is -2.35. The van der Waals surface area contributed by atoms with Crippen molar-refractivity contribution < 1.29 is 0 Å². The number of halogens is 2. The van der Waals surface area contributed by atoms with Crippen LogP contribution in [0.4, 0.5) is 0 Å². The summed E-state index contributed by atoms with van der Waals surface area (Å²) in [7, 11) is 0. The fraction of sp³-hybridized carbons (Fsp3) is 0.769. The molecule has 0 saturated heterocycles. The van der Waals surface area contributed by atoms with Gasteiger partial charge in [-0.2, -0.15) is 5.10 Å². The van der Waals surface area contributed by atoms with Crippen LogP contribution >= 0.6 is 23.2 Å². The Morgan fingerprint density at radius 2 is 2.00 bits per heavy atom. The highest BCUT2D eigenvalue weighted by Gasteiger charge is 2.17. The van der Waals surface area contributed by atoms with Gasteiger partial charge in [0.2, 0.25) is 0 Å². The molecule has 1 rings (SSSR count). The highest BCUT2D eigenvalue weighted by Crippen LogP contribution is 2.21. The van der Waals surface area contributed by atoms with Gasteiger partial charge in [-0.1, -0.05) is 32.4 Å². The van der Waals surface area contributed by atoms with Crippen LogP contribution in [0.1, 0.15) is 39.1 Å². The molecule has 1 N–H and O–H groups in total. The summed E-state index contributed by atoms with van der Waals surface area (Å²) in [5.74, 6) is 1.11. The second kappa shape index (κ2) is 7.37. The summed E-state index contributed by atoms with van der Waals surface area (Å²) in [6.07, 6.45) is 0.863. The minimum Gasteiger partial charge on any atom is -0.307 e. The Morgan fingerprint density at radius 3 is 2.44 bits per heavy atom. The Balaban J connectivity index is 2.80. The second-order valence-electron chi connectivity index (χ2n) is 4.76. The minimum atomic E-state index is 0.299. The molecule has 0 aliphatic carbocycles. The standard InChI is InChI=1S/C13H23Cl2N3/c1-5-10-13(15)12(18(6-2)17-10)8-16-11(7-14)9(3)4/h9,11,16H,5-8H2,1-4H3. The Hall–Kier alpha value is -0.250. The lowest BCUT2D eigenvalue weighted by atomic mass is 10.1. The van der Waals surface area contributed by atoms with Gasteiger partial charge in [-0.25, -0.2) is 0 Å². The molecular formula is C13H23Cl2N3. The van der Waals surface area contributed by atoms with Crippen molar-refractivity contribution in [3.05, 3.63) is 16.4 Å². The van der Waals surface area contributed by atoms with E-state index < -0.39 is 0 Å². The van der Waals surface area contributed by atoms with Crippen LogP contribution in [0.3, 0.4) is 0 Å². The first-order chi connectivity index (χ1) is 8.54. The molecule has 104 valence electrons. The van der Waals surface area contributed by atoms with E-state index in [-0.39, 0.29) is 0 Å². The van der Waals surface area contributed by atoms with Gasteiger partial charge in [-0.15, -0.1) is 11.6 Å². The van der Waals surface area contributed by atoms with Gasteiger partial charge in [0.25, 0.3) is 0 Å². The lowest BCUT2D eigenvalue weighted by Gasteiger charge is -2.20. The summed E-state index contributed by atoms with van der Waals surface area (Å²) in [4.78, 5) is 0. The van der Waals surface area contributed by atoms with Gasteiger partial charge in [-0.3, -0.25) is 4.68 Å². The maximum atomic E-state index is 6.36. The number of hydrogen-bond acceptors (Lipinski definition) is 2. The van der Waals surface area contributed by atoms with Crippen LogP contribution in [0.25, 0.3) is 0 Å². The molecule has 1 heterocycles. The van der Waals surface area contributed by atoms with Gasteiger partial charge in [-0.05, 0) is 19.3 Å². The van der Waals surface area contributed by atoms with Gasteiger partial charge >= 0.3 is 0 Å². The molecule has 0 fully saturated rings. The third-order valence-corrected chi connectivity index (χ3v) is 3.97. The van der Waals surface area contributed by atoms with Crippen LogP contribution in [0.15, 0.2) is 0 Å². The summed E-state index contributed by atoms with van der Waals surface area (Å²) in [6, 6.07) is 0.299. The molecule has 0 aliphatic rings. The molecule has 0 saturated carbocycles. The Morgan fingerprint density at radius 1 is 1.33 bits per heavy atom. The largest absolute Gasteiger partial charge is 0.307 e. The predicted octanol–water partition coefficient (Wildman–Crippen LogP) is 3.47. The van der Waals surface area contributed by atoms with E-state index in [4.69, 9.17) is 23.2 Å². The molecule has 1 atom stereocenters. The van der Waals surface area contributed by atoms with Crippen LogP contribution in [0, 0.1) is 5.92 Å². The van der Waals surface area contributed by atoms with Crippen molar-refractivity contribution in [2.24, 2.45) is 5.92 Å². The van der Waals surface area contributed by atoms with Crippen LogP contribution in [-0.2, 0) is 19.5 Å². The zero-order chi connectivity index (χ0) is 13.7. The Kier molecular flexibility index (Phi) is 6.47. The molecule has 0 aliphatic heterocycles. The summed E-state index contributed by atoms with van der Waals surface area (Å²) < 4.78 is 1.97. The van der Waals surface area contributed by atoms with E-state index in [0.717, 1.165) is 35.9 Å². The number of nitrogens with one attached hydrogen (secondary N) is 1. The van der Waals surface area contributed by atoms with E-state index in [1.807, 2.05) is 4.68 Å². The highest BCUT2D eigenvalue weighted by atomic mass is 35.5. The normalized spacial score (nSPS) is 13.3. The van der Waals surface area contributed by atoms with Crippen molar-refractivity contribution in [3.8, 4) is 0 Å². The van der Waals surface area contributed by atoms with Crippen molar-refractivity contribution in [1.82, 2.24) is 15.1 Å². The van der Waals surface area contributed by atoms with Gasteiger partial charge < -0.3 is 5.32 Å². The number of rotatable bonds is 7. The minimum absolute atomic E-state index is 0.299. The molecule has 0 aromatic carbocycles. The molecule has 0 amide bonds. The number of nitrogens with zero attached hydrogens (tertiary/aromatic N) is 2. The van der Waals surface area contributed by atoms with E-state index in [2.05, 4.69) is 38.1 Å². The van der Waals surface area contributed by atoms with Crippen molar-refractivity contribution in [3.63, 3.8) is 0 Å². The number of hydrogen-bond donors (Lipinski definition) is 1. The van der Waals surface area contributed by atoms with E-state index in [0.29, 0.717) is 17.8 Å². The van der Waals surface area contributed by atoms with E-state index >= 15 is 0 Å². The maximum absolute atomic E-state index is 6.36. The molecule has 0 bridgehead atoms. The van der Waals surface area contributed by atoms with Crippen LogP contribution in [-0.4, -0.2) is 21.7 Å². The second-order valence-corrected chi connectivity index (χ2v) is 5.45. The zero-order valence-corrected chi connectivity index (χ0v) is 13.1. The van der Waals surface area contributed by atoms with Crippen molar-refractivity contribution in [2.75, 3.05) is 5.88 Å². The molecule has 3 nitrogen and oxygen atoms in total. The van der Waals surface area contributed by atoms with Gasteiger partial charge in [0.15, 0.2) is 0 Å². The molecule has 5 heteroatoms. The highest BCUT2D eigenvalue weighted by molar-refractivity contribution is 6.31. The molecular weight excluding hydrogens is 269 g/mol. The SMILES string of the molecule is CCc1nn(CC)c(CNC(CCl)C(C)C)c1Cl. The molecule has 1 unspecified atom stereocenters. The number of aromatic nitrogens is 2. The average Bonchev–Trinajstić information content (AvgIpc) is 2.66.